The first kappa shape index (κ1) is 25.8. The van der Waals surface area contributed by atoms with Crippen LogP contribution in [0.15, 0.2) is 0 Å². The first-order valence-electron chi connectivity index (χ1n) is 11.8. The molecule has 2 saturated carbocycles. The zero-order valence-electron chi connectivity index (χ0n) is 18.9. The molecule has 8 unspecified atom stereocenters. The van der Waals surface area contributed by atoms with Gasteiger partial charge in [0, 0.05) is 0 Å². The van der Waals surface area contributed by atoms with E-state index in [9.17, 15) is 17.6 Å². The summed E-state index contributed by atoms with van der Waals surface area (Å²) >= 11 is 0. The van der Waals surface area contributed by atoms with Crippen molar-refractivity contribution >= 4 is 0 Å². The summed E-state index contributed by atoms with van der Waals surface area (Å²) in [5, 5.41) is 0. The Bertz CT molecular complexity index is 407. The maximum absolute atomic E-state index is 14.7. The van der Waals surface area contributed by atoms with Crippen molar-refractivity contribution < 1.29 is 17.6 Å². The van der Waals surface area contributed by atoms with Crippen molar-refractivity contribution in [2.24, 2.45) is 35.5 Å². The Morgan fingerprint density at radius 1 is 0.821 bits per heavy atom. The number of hydrogen-bond acceptors (Lipinski definition) is 0. The van der Waals surface area contributed by atoms with Gasteiger partial charge in [-0.1, -0.05) is 48.0 Å². The Labute approximate surface area is 171 Å². The fourth-order valence-corrected chi connectivity index (χ4v) is 5.40. The molecule has 0 aliphatic heterocycles. The van der Waals surface area contributed by atoms with Crippen molar-refractivity contribution in [3.8, 4) is 0 Å². The van der Waals surface area contributed by atoms with E-state index in [1.54, 1.807) is 13.8 Å². The van der Waals surface area contributed by atoms with Gasteiger partial charge >= 0.3 is 0 Å². The van der Waals surface area contributed by atoms with Gasteiger partial charge in [-0.15, -0.1) is 0 Å². The highest BCUT2D eigenvalue weighted by Crippen LogP contribution is 2.45. The number of halogens is 4. The molecule has 0 nitrogen and oxygen atoms in total. The van der Waals surface area contributed by atoms with Gasteiger partial charge < -0.3 is 0 Å². The second-order valence-corrected chi connectivity index (χ2v) is 9.30. The van der Waals surface area contributed by atoms with Crippen LogP contribution in [0.3, 0.4) is 0 Å². The molecule has 0 spiro atoms. The molecule has 0 saturated heterocycles. The fourth-order valence-electron chi connectivity index (χ4n) is 5.40. The van der Waals surface area contributed by atoms with Crippen LogP contribution in [0, 0.1) is 35.5 Å². The molecule has 28 heavy (non-hydrogen) atoms. The van der Waals surface area contributed by atoms with Gasteiger partial charge in [-0.05, 0) is 80.5 Å². The normalized spacial score (nSPS) is 37.9. The van der Waals surface area contributed by atoms with Gasteiger partial charge in [0.1, 0.15) is 24.7 Å². The summed E-state index contributed by atoms with van der Waals surface area (Å²) in [6.07, 6.45) is 0.886. The van der Waals surface area contributed by atoms with E-state index in [0.717, 1.165) is 44.9 Å². The van der Waals surface area contributed by atoms with Crippen LogP contribution in [0.25, 0.3) is 0 Å². The molecule has 0 aromatic carbocycles. The highest BCUT2D eigenvalue weighted by Gasteiger charge is 2.43. The van der Waals surface area contributed by atoms with Gasteiger partial charge in [0.05, 0.1) is 0 Å². The maximum atomic E-state index is 14.7. The molecule has 0 amide bonds. The Balaban J connectivity index is 0.00000190. The van der Waals surface area contributed by atoms with Crippen LogP contribution in [0.2, 0.25) is 0 Å². The van der Waals surface area contributed by atoms with E-state index in [-0.39, 0.29) is 35.5 Å². The molecule has 2 rings (SSSR count). The van der Waals surface area contributed by atoms with E-state index >= 15 is 0 Å². The number of hydrogen-bond donors (Lipinski definition) is 0. The molecule has 8 atom stereocenters. The van der Waals surface area contributed by atoms with Gasteiger partial charge in [-0.25, -0.2) is 17.6 Å². The third-order valence-electron chi connectivity index (χ3n) is 7.47. The van der Waals surface area contributed by atoms with Crippen molar-refractivity contribution in [3.63, 3.8) is 0 Å². The Morgan fingerprint density at radius 3 is 1.93 bits per heavy atom. The second-order valence-electron chi connectivity index (χ2n) is 9.30. The van der Waals surface area contributed by atoms with Crippen LogP contribution in [0.1, 0.15) is 92.9 Å². The van der Waals surface area contributed by atoms with Crippen LogP contribution in [-0.4, -0.2) is 24.7 Å². The molecule has 2 fully saturated rings. The lowest BCUT2D eigenvalue weighted by Gasteiger charge is -2.42. The van der Waals surface area contributed by atoms with E-state index in [4.69, 9.17) is 0 Å². The lowest BCUT2D eigenvalue weighted by molar-refractivity contribution is -0.0148. The van der Waals surface area contributed by atoms with Crippen molar-refractivity contribution in [3.05, 3.63) is 0 Å². The largest absolute Gasteiger partial charge is 0.244 e. The summed E-state index contributed by atoms with van der Waals surface area (Å²) in [5.74, 6) is -0.542. The van der Waals surface area contributed by atoms with E-state index in [1.165, 1.54) is 0 Å². The lowest BCUT2D eigenvalue weighted by atomic mass is 9.66. The standard InChI is InChI=1S/C22H38F4.C2H6/c1-5-6-13(2)19(23)21(25)15(4)16-8-10-17(11-9-16)18-12-7-14(3)20(24)22(18)26;1-2/h13-22H,5-12H2,1-4H3;1-2H3. The Kier molecular flexibility index (Phi) is 11.4. The number of rotatable bonds is 7. The highest BCUT2D eigenvalue weighted by molar-refractivity contribution is 4.92. The molecular formula is C24H44F4. The monoisotopic (exact) mass is 408 g/mol. The molecule has 0 N–H and O–H groups in total. The smallest absolute Gasteiger partial charge is 0.134 e. The molecule has 0 bridgehead atoms. The molecule has 2 aliphatic carbocycles. The summed E-state index contributed by atoms with van der Waals surface area (Å²) < 4.78 is 57.6. The van der Waals surface area contributed by atoms with Crippen LogP contribution < -0.4 is 0 Å². The SMILES string of the molecule is CC.CCCC(C)C(F)C(F)C(C)C1CCC(C2CCC(C)C(F)C2F)CC1. The fraction of sp³-hybridized carbons (Fsp3) is 1.00. The zero-order valence-corrected chi connectivity index (χ0v) is 18.9. The first-order chi connectivity index (χ1) is 13.3. The average Bonchev–Trinajstić information content (AvgIpc) is 2.72. The molecule has 0 aromatic rings. The van der Waals surface area contributed by atoms with Crippen molar-refractivity contribution in [2.75, 3.05) is 0 Å². The van der Waals surface area contributed by atoms with Crippen LogP contribution in [-0.2, 0) is 0 Å². The third-order valence-corrected chi connectivity index (χ3v) is 7.47. The van der Waals surface area contributed by atoms with E-state index < -0.39 is 24.7 Å². The Hall–Kier alpha value is -0.280. The quantitative estimate of drug-likeness (QED) is 0.372. The van der Waals surface area contributed by atoms with E-state index in [0.29, 0.717) is 6.42 Å². The highest BCUT2D eigenvalue weighted by atomic mass is 19.2. The molecule has 4 heteroatoms. The van der Waals surface area contributed by atoms with Gasteiger partial charge in [0.25, 0.3) is 0 Å². The van der Waals surface area contributed by atoms with Crippen LogP contribution in [0.5, 0.6) is 0 Å². The molecule has 0 aromatic heterocycles. The molecule has 168 valence electrons. The van der Waals surface area contributed by atoms with Crippen molar-refractivity contribution in [2.45, 2.75) is 118 Å². The van der Waals surface area contributed by atoms with Gasteiger partial charge in [0.2, 0.25) is 0 Å². The topological polar surface area (TPSA) is 0 Å². The predicted octanol–water partition coefficient (Wildman–Crippen LogP) is 8.29. The third kappa shape index (κ3) is 6.36. The van der Waals surface area contributed by atoms with Crippen LogP contribution in [0.4, 0.5) is 17.6 Å². The minimum Gasteiger partial charge on any atom is -0.244 e. The zero-order chi connectivity index (χ0) is 21.4. The summed E-state index contributed by atoms with van der Waals surface area (Å²) in [6.45, 7) is 11.4. The summed E-state index contributed by atoms with van der Waals surface area (Å²) in [5.41, 5.74) is 0. The van der Waals surface area contributed by atoms with Crippen LogP contribution >= 0.6 is 0 Å². The number of alkyl halides is 4. The maximum Gasteiger partial charge on any atom is 0.134 e. The lowest BCUT2D eigenvalue weighted by Crippen LogP contribution is -2.42. The predicted molar refractivity (Wildman–Crippen MR) is 112 cm³/mol. The summed E-state index contributed by atoms with van der Waals surface area (Å²) in [7, 11) is 0. The molecular weight excluding hydrogens is 364 g/mol. The second kappa shape index (κ2) is 12.4. The summed E-state index contributed by atoms with van der Waals surface area (Å²) in [4.78, 5) is 0. The Morgan fingerprint density at radius 2 is 1.39 bits per heavy atom. The van der Waals surface area contributed by atoms with Gasteiger partial charge in [-0.2, -0.15) is 0 Å². The van der Waals surface area contributed by atoms with E-state index in [2.05, 4.69) is 0 Å². The van der Waals surface area contributed by atoms with Gasteiger partial charge in [-0.3, -0.25) is 0 Å². The van der Waals surface area contributed by atoms with Crippen molar-refractivity contribution in [1.82, 2.24) is 0 Å². The minimum atomic E-state index is -1.42. The minimum absolute atomic E-state index is 0.162. The molecule has 0 heterocycles. The summed E-state index contributed by atoms with van der Waals surface area (Å²) in [6, 6.07) is 0. The average molecular weight is 409 g/mol. The van der Waals surface area contributed by atoms with E-state index in [1.807, 2.05) is 27.7 Å². The molecule has 2 aliphatic rings. The van der Waals surface area contributed by atoms with Gasteiger partial charge in [0.15, 0.2) is 0 Å². The molecule has 0 radical (unpaired) electrons. The first-order valence-corrected chi connectivity index (χ1v) is 11.8. The van der Waals surface area contributed by atoms with Crippen molar-refractivity contribution in [1.29, 1.82) is 0 Å².